The lowest BCUT2D eigenvalue weighted by Gasteiger charge is -2.19. The zero-order valence-corrected chi connectivity index (χ0v) is 13.5. The standard InChI is InChI=1S/C16H17N5O3/c1-16(2,3)24-15(23)21-8-7-9-10(5-4-6-11(9)21)12-13(14(17)22)19-20-18-12/h4-8H,1-3H3,(H2,17,22)(H,18,19,20). The van der Waals surface area contributed by atoms with E-state index in [0.29, 0.717) is 16.8 Å². The predicted molar refractivity (Wildman–Crippen MR) is 87.5 cm³/mol. The van der Waals surface area contributed by atoms with E-state index in [2.05, 4.69) is 15.4 Å². The fourth-order valence-corrected chi connectivity index (χ4v) is 2.43. The van der Waals surface area contributed by atoms with Gasteiger partial charge in [0.05, 0.1) is 5.52 Å². The molecule has 8 nitrogen and oxygen atoms in total. The topological polar surface area (TPSA) is 116 Å². The second-order valence-electron chi connectivity index (χ2n) is 6.29. The molecule has 3 rings (SSSR count). The lowest BCUT2D eigenvalue weighted by atomic mass is 10.1. The predicted octanol–water partition coefficient (Wildman–Crippen LogP) is 2.31. The van der Waals surface area contributed by atoms with Crippen LogP contribution in [-0.2, 0) is 4.74 Å². The second kappa shape index (κ2) is 5.48. The Morgan fingerprint density at radius 2 is 1.96 bits per heavy atom. The van der Waals surface area contributed by atoms with Gasteiger partial charge in [-0.2, -0.15) is 15.4 Å². The Hall–Kier alpha value is -3.16. The zero-order valence-electron chi connectivity index (χ0n) is 13.5. The summed E-state index contributed by atoms with van der Waals surface area (Å²) in [5.74, 6) is -0.678. The van der Waals surface area contributed by atoms with Gasteiger partial charge in [0.15, 0.2) is 5.69 Å². The van der Waals surface area contributed by atoms with Crippen LogP contribution in [0.2, 0.25) is 0 Å². The van der Waals surface area contributed by atoms with E-state index in [1.54, 1.807) is 51.2 Å². The van der Waals surface area contributed by atoms with Crippen LogP contribution in [0.5, 0.6) is 0 Å². The molecule has 1 aromatic carbocycles. The minimum absolute atomic E-state index is 0.0486. The maximum absolute atomic E-state index is 12.3. The van der Waals surface area contributed by atoms with Gasteiger partial charge in [-0.1, -0.05) is 12.1 Å². The summed E-state index contributed by atoms with van der Waals surface area (Å²) in [5, 5.41) is 10.9. The Balaban J connectivity index is 2.12. The molecule has 24 heavy (non-hydrogen) atoms. The van der Waals surface area contributed by atoms with Crippen molar-refractivity contribution in [3.05, 3.63) is 36.2 Å². The van der Waals surface area contributed by atoms with Crippen LogP contribution in [0.25, 0.3) is 22.2 Å². The highest BCUT2D eigenvalue weighted by atomic mass is 16.6. The number of carbonyl (C=O) groups excluding carboxylic acids is 2. The third kappa shape index (κ3) is 2.73. The molecular weight excluding hydrogens is 310 g/mol. The molecule has 0 saturated heterocycles. The molecule has 2 heterocycles. The van der Waals surface area contributed by atoms with E-state index in [1.165, 1.54) is 4.57 Å². The molecule has 2 aromatic heterocycles. The van der Waals surface area contributed by atoms with E-state index >= 15 is 0 Å². The van der Waals surface area contributed by atoms with Gasteiger partial charge in [-0.3, -0.25) is 9.36 Å². The van der Waals surface area contributed by atoms with Gasteiger partial charge in [-0.25, -0.2) is 4.79 Å². The van der Waals surface area contributed by atoms with E-state index < -0.39 is 17.6 Å². The quantitative estimate of drug-likeness (QED) is 0.749. The number of H-pyrrole nitrogens is 1. The highest BCUT2D eigenvalue weighted by Gasteiger charge is 2.22. The molecule has 0 aliphatic carbocycles. The first-order valence-electron chi connectivity index (χ1n) is 7.32. The number of aromatic nitrogens is 4. The lowest BCUT2D eigenvalue weighted by Crippen LogP contribution is -2.26. The van der Waals surface area contributed by atoms with Crippen molar-refractivity contribution in [2.24, 2.45) is 5.73 Å². The number of primary amides is 1. The monoisotopic (exact) mass is 327 g/mol. The van der Waals surface area contributed by atoms with Crippen LogP contribution in [0.4, 0.5) is 4.79 Å². The number of benzene rings is 1. The molecule has 0 fully saturated rings. The van der Waals surface area contributed by atoms with Crippen molar-refractivity contribution in [3.8, 4) is 11.3 Å². The summed E-state index contributed by atoms with van der Waals surface area (Å²) in [5.41, 5.74) is 6.40. The lowest BCUT2D eigenvalue weighted by molar-refractivity contribution is 0.0544. The third-order valence-electron chi connectivity index (χ3n) is 3.36. The summed E-state index contributed by atoms with van der Waals surface area (Å²) >= 11 is 0. The third-order valence-corrected chi connectivity index (χ3v) is 3.36. The summed E-state index contributed by atoms with van der Waals surface area (Å²) in [6, 6.07) is 7.09. The van der Waals surface area contributed by atoms with E-state index in [4.69, 9.17) is 10.5 Å². The first-order chi connectivity index (χ1) is 11.3. The summed E-state index contributed by atoms with van der Waals surface area (Å²) in [4.78, 5) is 23.8. The number of nitrogens with zero attached hydrogens (tertiary/aromatic N) is 3. The minimum atomic E-state index is -0.678. The van der Waals surface area contributed by atoms with E-state index in [9.17, 15) is 9.59 Å². The molecule has 0 spiro atoms. The molecular formula is C16H17N5O3. The van der Waals surface area contributed by atoms with Gasteiger partial charge in [-0.15, -0.1) is 0 Å². The SMILES string of the molecule is CC(C)(C)OC(=O)n1ccc2c(-c3n[nH]nc3C(N)=O)cccc21. The normalized spacial score (nSPS) is 11.6. The molecule has 0 radical (unpaired) electrons. The van der Waals surface area contributed by atoms with E-state index in [1.807, 2.05) is 0 Å². The Morgan fingerprint density at radius 3 is 2.62 bits per heavy atom. The first kappa shape index (κ1) is 15.7. The molecule has 3 aromatic rings. The Kier molecular flexibility index (Phi) is 3.59. The average molecular weight is 327 g/mol. The largest absolute Gasteiger partial charge is 0.443 e. The molecule has 0 bridgehead atoms. The van der Waals surface area contributed by atoms with Gasteiger partial charge < -0.3 is 10.5 Å². The van der Waals surface area contributed by atoms with Crippen LogP contribution in [0.3, 0.4) is 0 Å². The van der Waals surface area contributed by atoms with Gasteiger partial charge in [0.1, 0.15) is 11.3 Å². The van der Waals surface area contributed by atoms with Gasteiger partial charge in [0, 0.05) is 17.1 Å². The van der Waals surface area contributed by atoms with E-state index in [0.717, 1.165) is 5.39 Å². The summed E-state index contributed by atoms with van der Waals surface area (Å²) in [6.07, 6.45) is 1.14. The molecule has 0 aliphatic rings. The fourth-order valence-electron chi connectivity index (χ4n) is 2.43. The number of hydrogen-bond acceptors (Lipinski definition) is 5. The summed E-state index contributed by atoms with van der Waals surface area (Å²) in [6.45, 7) is 5.41. The van der Waals surface area contributed by atoms with Gasteiger partial charge >= 0.3 is 6.09 Å². The van der Waals surface area contributed by atoms with Crippen molar-refractivity contribution in [1.82, 2.24) is 20.0 Å². The maximum atomic E-state index is 12.3. The van der Waals surface area contributed by atoms with Gasteiger partial charge in [0.25, 0.3) is 5.91 Å². The highest BCUT2D eigenvalue weighted by molar-refractivity contribution is 6.04. The molecule has 0 atom stereocenters. The summed E-state index contributed by atoms with van der Waals surface area (Å²) in [7, 11) is 0. The smallest absolute Gasteiger partial charge is 0.418 e. The Labute approximate surface area is 137 Å². The number of aromatic amines is 1. The number of rotatable bonds is 2. The maximum Gasteiger partial charge on any atom is 0.418 e. The number of fused-ring (bicyclic) bond motifs is 1. The summed E-state index contributed by atoms with van der Waals surface area (Å²) < 4.78 is 6.81. The first-order valence-corrected chi connectivity index (χ1v) is 7.32. The van der Waals surface area contributed by atoms with Crippen molar-refractivity contribution in [2.75, 3.05) is 0 Å². The fraction of sp³-hybridized carbons (Fsp3) is 0.250. The number of carbonyl (C=O) groups is 2. The van der Waals surface area contributed by atoms with Crippen molar-refractivity contribution in [2.45, 2.75) is 26.4 Å². The molecule has 8 heteroatoms. The Morgan fingerprint density at radius 1 is 1.21 bits per heavy atom. The number of amides is 1. The molecule has 0 aliphatic heterocycles. The number of ether oxygens (including phenoxy) is 1. The zero-order chi connectivity index (χ0) is 17.5. The average Bonchev–Trinajstić information content (AvgIpc) is 3.12. The highest BCUT2D eigenvalue weighted by Crippen LogP contribution is 2.29. The molecule has 3 N–H and O–H groups in total. The minimum Gasteiger partial charge on any atom is -0.443 e. The molecule has 1 amide bonds. The van der Waals surface area contributed by atoms with Crippen molar-refractivity contribution in [1.29, 1.82) is 0 Å². The van der Waals surface area contributed by atoms with Crippen molar-refractivity contribution >= 4 is 22.9 Å². The Bertz CT molecular complexity index is 933. The molecule has 0 saturated carbocycles. The van der Waals surface area contributed by atoms with Crippen molar-refractivity contribution in [3.63, 3.8) is 0 Å². The second-order valence-corrected chi connectivity index (χ2v) is 6.29. The van der Waals surface area contributed by atoms with Crippen molar-refractivity contribution < 1.29 is 14.3 Å². The molecule has 124 valence electrons. The van der Waals surface area contributed by atoms with Crippen LogP contribution in [-0.4, -0.2) is 37.6 Å². The number of nitrogens with two attached hydrogens (primary N) is 1. The van der Waals surface area contributed by atoms with Crippen LogP contribution in [0, 0.1) is 0 Å². The van der Waals surface area contributed by atoms with Gasteiger partial charge in [0.2, 0.25) is 0 Å². The van der Waals surface area contributed by atoms with Crippen LogP contribution in [0.15, 0.2) is 30.5 Å². The van der Waals surface area contributed by atoms with Gasteiger partial charge in [-0.05, 0) is 32.9 Å². The number of nitrogens with one attached hydrogen (secondary N) is 1. The van der Waals surface area contributed by atoms with Crippen LogP contribution in [0.1, 0.15) is 31.3 Å². The molecule has 0 unspecified atom stereocenters. The van der Waals surface area contributed by atoms with E-state index in [-0.39, 0.29) is 5.69 Å². The van der Waals surface area contributed by atoms with Crippen LogP contribution < -0.4 is 5.73 Å². The number of hydrogen-bond donors (Lipinski definition) is 2. The van der Waals surface area contributed by atoms with Crippen LogP contribution >= 0.6 is 0 Å².